The normalized spacial score (nSPS) is 14.2. The van der Waals surface area contributed by atoms with Crippen molar-refractivity contribution in [2.75, 3.05) is 38.6 Å². The van der Waals surface area contributed by atoms with Gasteiger partial charge in [-0.3, -0.25) is 9.59 Å². The van der Waals surface area contributed by atoms with Crippen LogP contribution in [0.4, 0.5) is 10.5 Å². The van der Waals surface area contributed by atoms with Gasteiger partial charge in [-0.25, -0.2) is 4.79 Å². The molecule has 0 radical (unpaired) electrons. The minimum Gasteiger partial charge on any atom is -0.453 e. The van der Waals surface area contributed by atoms with Crippen LogP contribution in [0.2, 0.25) is 0 Å². The minimum atomic E-state index is -0.384. The average molecular weight is 381 g/mol. The van der Waals surface area contributed by atoms with Crippen LogP contribution in [-0.2, 0) is 4.74 Å². The third-order valence-electron chi connectivity index (χ3n) is 4.66. The smallest absolute Gasteiger partial charge is 0.409 e. The molecule has 3 amide bonds. The van der Waals surface area contributed by atoms with E-state index in [1.54, 1.807) is 58.3 Å². The highest BCUT2D eigenvalue weighted by Gasteiger charge is 2.24. The molecular weight excluding hydrogens is 358 g/mol. The second-order valence-corrected chi connectivity index (χ2v) is 6.47. The number of methoxy groups -OCH3 is 1. The molecule has 0 unspecified atom stereocenters. The molecule has 0 aliphatic carbocycles. The van der Waals surface area contributed by atoms with Crippen molar-refractivity contribution in [1.29, 1.82) is 0 Å². The lowest BCUT2D eigenvalue weighted by Crippen LogP contribution is -2.37. The van der Waals surface area contributed by atoms with Crippen LogP contribution in [-0.4, -0.2) is 61.0 Å². The summed E-state index contributed by atoms with van der Waals surface area (Å²) in [4.78, 5) is 40.6. The number of carbonyl (C=O) groups excluding carboxylic acids is 3. The van der Waals surface area contributed by atoms with Crippen molar-refractivity contribution in [2.24, 2.45) is 0 Å². The van der Waals surface area contributed by atoms with Gasteiger partial charge in [0.25, 0.3) is 11.8 Å². The summed E-state index contributed by atoms with van der Waals surface area (Å²) >= 11 is 0. The van der Waals surface area contributed by atoms with Crippen LogP contribution in [0.3, 0.4) is 0 Å². The molecule has 1 fully saturated rings. The molecule has 28 heavy (non-hydrogen) atoms. The Hall–Kier alpha value is -3.35. The summed E-state index contributed by atoms with van der Waals surface area (Å²) in [7, 11) is 1.35. The van der Waals surface area contributed by atoms with E-state index in [9.17, 15) is 14.4 Å². The van der Waals surface area contributed by atoms with Crippen molar-refractivity contribution in [2.45, 2.75) is 6.42 Å². The molecule has 7 heteroatoms. The minimum absolute atomic E-state index is 0.171. The Morgan fingerprint density at radius 2 is 1.50 bits per heavy atom. The van der Waals surface area contributed by atoms with Gasteiger partial charge in [-0.15, -0.1) is 0 Å². The summed E-state index contributed by atoms with van der Waals surface area (Å²) in [6, 6.07) is 15.8. The lowest BCUT2D eigenvalue weighted by molar-refractivity contribution is 0.0758. The van der Waals surface area contributed by atoms with E-state index in [0.717, 1.165) is 0 Å². The SMILES string of the molecule is COC(=O)N1CCCN(C(=O)c2ccccc2NC(=O)c2ccccc2)CC1. The Balaban J connectivity index is 1.74. The third kappa shape index (κ3) is 4.49. The van der Waals surface area contributed by atoms with E-state index < -0.39 is 0 Å². The number of nitrogens with one attached hydrogen (secondary N) is 1. The molecule has 146 valence electrons. The zero-order valence-electron chi connectivity index (χ0n) is 15.8. The highest BCUT2D eigenvalue weighted by Crippen LogP contribution is 2.19. The third-order valence-corrected chi connectivity index (χ3v) is 4.66. The maximum absolute atomic E-state index is 13.1. The van der Waals surface area contributed by atoms with Crippen LogP contribution in [0.15, 0.2) is 54.6 Å². The predicted molar refractivity (Wildman–Crippen MR) is 105 cm³/mol. The summed E-state index contributed by atoms with van der Waals surface area (Å²) < 4.78 is 4.77. The van der Waals surface area contributed by atoms with Crippen molar-refractivity contribution in [3.05, 3.63) is 65.7 Å². The lowest BCUT2D eigenvalue weighted by atomic mass is 10.1. The Morgan fingerprint density at radius 1 is 0.857 bits per heavy atom. The number of hydrogen-bond donors (Lipinski definition) is 1. The first kappa shape index (κ1) is 19.4. The van der Waals surface area contributed by atoms with Crippen LogP contribution in [0.1, 0.15) is 27.1 Å². The van der Waals surface area contributed by atoms with Crippen LogP contribution < -0.4 is 5.32 Å². The molecular formula is C21H23N3O4. The summed E-state index contributed by atoms with van der Waals surface area (Å²) in [6.45, 7) is 1.90. The zero-order valence-corrected chi connectivity index (χ0v) is 15.8. The Kier molecular flexibility index (Phi) is 6.26. The van der Waals surface area contributed by atoms with E-state index in [1.165, 1.54) is 7.11 Å². The molecule has 0 bridgehead atoms. The molecule has 0 atom stereocenters. The molecule has 1 saturated heterocycles. The van der Waals surface area contributed by atoms with Gasteiger partial charge < -0.3 is 19.9 Å². The second-order valence-electron chi connectivity index (χ2n) is 6.47. The van der Waals surface area contributed by atoms with Gasteiger partial charge in [-0.2, -0.15) is 0 Å². The van der Waals surface area contributed by atoms with Gasteiger partial charge in [0.05, 0.1) is 18.4 Å². The molecule has 0 aromatic heterocycles. The monoisotopic (exact) mass is 381 g/mol. The van der Waals surface area contributed by atoms with E-state index in [2.05, 4.69) is 5.32 Å². The van der Waals surface area contributed by atoms with Gasteiger partial charge in [0.2, 0.25) is 0 Å². The summed E-state index contributed by atoms with van der Waals surface area (Å²) in [5.41, 5.74) is 1.42. The van der Waals surface area contributed by atoms with E-state index >= 15 is 0 Å². The van der Waals surface area contributed by atoms with E-state index in [4.69, 9.17) is 4.74 Å². The quantitative estimate of drug-likeness (QED) is 0.887. The Bertz CT molecular complexity index is 854. The molecule has 1 heterocycles. The molecule has 2 aromatic carbocycles. The van der Waals surface area contributed by atoms with E-state index in [0.29, 0.717) is 49.4 Å². The van der Waals surface area contributed by atoms with Crippen molar-refractivity contribution in [1.82, 2.24) is 9.80 Å². The number of anilines is 1. The lowest BCUT2D eigenvalue weighted by Gasteiger charge is -2.22. The van der Waals surface area contributed by atoms with Gasteiger partial charge in [0.1, 0.15) is 0 Å². The fourth-order valence-electron chi connectivity index (χ4n) is 3.17. The molecule has 3 rings (SSSR count). The van der Waals surface area contributed by atoms with Crippen LogP contribution in [0.25, 0.3) is 0 Å². The van der Waals surface area contributed by atoms with Gasteiger partial charge in [0.15, 0.2) is 0 Å². The Labute approximate surface area is 163 Å². The summed E-state index contributed by atoms with van der Waals surface area (Å²) in [6.07, 6.45) is 0.282. The first-order valence-corrected chi connectivity index (χ1v) is 9.17. The fourth-order valence-corrected chi connectivity index (χ4v) is 3.17. The van der Waals surface area contributed by atoms with Crippen molar-refractivity contribution in [3.63, 3.8) is 0 Å². The summed E-state index contributed by atoms with van der Waals surface area (Å²) in [5.74, 6) is -0.440. The fraction of sp³-hybridized carbons (Fsp3) is 0.286. The molecule has 0 spiro atoms. The molecule has 7 nitrogen and oxygen atoms in total. The number of ether oxygens (including phenoxy) is 1. The topological polar surface area (TPSA) is 79.0 Å². The van der Waals surface area contributed by atoms with Gasteiger partial charge in [-0.1, -0.05) is 30.3 Å². The number of hydrogen-bond acceptors (Lipinski definition) is 4. The van der Waals surface area contributed by atoms with Crippen molar-refractivity contribution in [3.8, 4) is 0 Å². The number of carbonyl (C=O) groups is 3. The maximum atomic E-state index is 13.1. The molecule has 1 aliphatic rings. The predicted octanol–water partition coefficient (Wildman–Crippen LogP) is 2.85. The number of benzene rings is 2. The largest absolute Gasteiger partial charge is 0.453 e. The second kappa shape index (κ2) is 9.03. The summed E-state index contributed by atoms with van der Waals surface area (Å²) in [5, 5.41) is 2.83. The Morgan fingerprint density at radius 3 is 2.25 bits per heavy atom. The van der Waals surface area contributed by atoms with Crippen LogP contribution in [0, 0.1) is 0 Å². The van der Waals surface area contributed by atoms with Crippen molar-refractivity contribution >= 4 is 23.6 Å². The maximum Gasteiger partial charge on any atom is 0.409 e. The number of amides is 3. The number of para-hydroxylation sites is 1. The molecule has 2 aromatic rings. The van der Waals surface area contributed by atoms with Crippen molar-refractivity contribution < 1.29 is 19.1 Å². The van der Waals surface area contributed by atoms with Gasteiger partial charge in [-0.05, 0) is 30.7 Å². The average Bonchev–Trinajstić information content (AvgIpc) is 3.00. The highest BCUT2D eigenvalue weighted by molar-refractivity contribution is 6.09. The van der Waals surface area contributed by atoms with E-state index in [-0.39, 0.29) is 17.9 Å². The molecule has 1 N–H and O–H groups in total. The zero-order chi connectivity index (χ0) is 19.9. The molecule has 0 saturated carbocycles. The number of nitrogens with zero attached hydrogens (tertiary/aromatic N) is 2. The highest BCUT2D eigenvalue weighted by atomic mass is 16.5. The molecule has 1 aliphatic heterocycles. The number of rotatable bonds is 3. The standard InChI is InChI=1S/C21H23N3O4/c1-28-21(27)24-13-7-12-23(14-15-24)20(26)17-10-5-6-11-18(17)22-19(25)16-8-3-2-4-9-16/h2-6,8-11H,7,12-15H2,1H3,(H,22,25). The first-order chi connectivity index (χ1) is 13.6. The van der Waals surface area contributed by atoms with E-state index in [1.807, 2.05) is 6.07 Å². The first-order valence-electron chi connectivity index (χ1n) is 9.17. The van der Waals surface area contributed by atoms with Crippen LogP contribution >= 0.6 is 0 Å². The van der Waals surface area contributed by atoms with Crippen LogP contribution in [0.5, 0.6) is 0 Å². The van der Waals surface area contributed by atoms with Gasteiger partial charge >= 0.3 is 6.09 Å². The van der Waals surface area contributed by atoms with Gasteiger partial charge in [0, 0.05) is 31.7 Å².